The number of carboxylic acids is 1. The molecule has 2 aromatic rings. The maximum Gasteiger partial charge on any atom is 0.354 e. The molecule has 1 aromatic carbocycles. The van der Waals surface area contributed by atoms with Crippen molar-refractivity contribution in [1.82, 2.24) is 4.98 Å². The van der Waals surface area contributed by atoms with Crippen LogP contribution >= 0.6 is 0 Å². The summed E-state index contributed by atoms with van der Waals surface area (Å²) in [4.78, 5) is 15.0. The van der Waals surface area contributed by atoms with Crippen LogP contribution in [0, 0.1) is 0 Å². The molecule has 0 radical (unpaired) electrons. The smallest absolute Gasteiger partial charge is 0.354 e. The van der Waals surface area contributed by atoms with Gasteiger partial charge in [-0.2, -0.15) is 0 Å². The molecule has 1 heterocycles. The Morgan fingerprint density at radius 2 is 1.94 bits per heavy atom. The van der Waals surface area contributed by atoms with Gasteiger partial charge in [-0.05, 0) is 0 Å². The van der Waals surface area contributed by atoms with Crippen molar-refractivity contribution in [1.29, 1.82) is 0 Å². The van der Waals surface area contributed by atoms with Crippen LogP contribution in [0.15, 0.2) is 42.5 Å². The Labute approximate surface area is 98.5 Å². The molecule has 0 amide bonds. The average molecular weight is 229 g/mol. The van der Waals surface area contributed by atoms with Crippen LogP contribution in [0.3, 0.4) is 0 Å². The van der Waals surface area contributed by atoms with E-state index in [0.717, 1.165) is 5.56 Å². The highest BCUT2D eigenvalue weighted by Gasteiger charge is 2.10. The summed E-state index contributed by atoms with van der Waals surface area (Å²) in [5, 5.41) is 8.96. The van der Waals surface area contributed by atoms with Crippen LogP contribution in [0.1, 0.15) is 10.5 Å². The van der Waals surface area contributed by atoms with Gasteiger partial charge in [0.05, 0.1) is 12.8 Å². The van der Waals surface area contributed by atoms with Gasteiger partial charge in [-0.15, -0.1) is 0 Å². The number of nitrogens with zero attached hydrogens (tertiary/aromatic N) is 1. The van der Waals surface area contributed by atoms with E-state index in [4.69, 9.17) is 9.84 Å². The van der Waals surface area contributed by atoms with E-state index in [1.165, 1.54) is 13.2 Å². The highest BCUT2D eigenvalue weighted by atomic mass is 16.5. The third-order valence-electron chi connectivity index (χ3n) is 2.32. The van der Waals surface area contributed by atoms with E-state index in [2.05, 4.69) is 4.98 Å². The van der Waals surface area contributed by atoms with Gasteiger partial charge in [-0.3, -0.25) is 0 Å². The molecule has 0 aliphatic carbocycles. The van der Waals surface area contributed by atoms with E-state index >= 15 is 0 Å². The molecule has 0 spiro atoms. The number of methoxy groups -OCH3 is 1. The van der Waals surface area contributed by atoms with Gasteiger partial charge >= 0.3 is 5.97 Å². The molecule has 0 atom stereocenters. The quantitative estimate of drug-likeness (QED) is 0.878. The SMILES string of the molecule is COc1cc(C(=O)O)nc(-c2ccccc2)c1. The summed E-state index contributed by atoms with van der Waals surface area (Å²) >= 11 is 0. The second-order valence-electron chi connectivity index (χ2n) is 3.45. The Morgan fingerprint density at radius 1 is 1.24 bits per heavy atom. The van der Waals surface area contributed by atoms with Crippen LogP contribution < -0.4 is 4.74 Å². The Hall–Kier alpha value is -2.36. The van der Waals surface area contributed by atoms with Gasteiger partial charge in [0.2, 0.25) is 0 Å². The first kappa shape index (κ1) is 11.1. The van der Waals surface area contributed by atoms with Gasteiger partial charge in [-0.25, -0.2) is 9.78 Å². The van der Waals surface area contributed by atoms with Crippen LogP contribution in [0.4, 0.5) is 0 Å². The van der Waals surface area contributed by atoms with E-state index < -0.39 is 5.97 Å². The molecule has 0 aliphatic heterocycles. The van der Waals surface area contributed by atoms with Crippen molar-refractivity contribution in [2.45, 2.75) is 0 Å². The maximum atomic E-state index is 10.9. The summed E-state index contributed by atoms with van der Waals surface area (Å²) < 4.78 is 5.06. The molecule has 0 aliphatic rings. The molecule has 2 rings (SSSR count). The summed E-state index contributed by atoms with van der Waals surface area (Å²) in [6, 6.07) is 12.5. The highest BCUT2D eigenvalue weighted by Crippen LogP contribution is 2.22. The molecule has 0 saturated carbocycles. The monoisotopic (exact) mass is 229 g/mol. The second-order valence-corrected chi connectivity index (χ2v) is 3.45. The van der Waals surface area contributed by atoms with Gasteiger partial charge in [0.25, 0.3) is 0 Å². The van der Waals surface area contributed by atoms with Gasteiger partial charge in [0.15, 0.2) is 5.69 Å². The zero-order valence-electron chi connectivity index (χ0n) is 9.25. The summed E-state index contributed by atoms with van der Waals surface area (Å²) in [5.41, 5.74) is 1.42. The van der Waals surface area contributed by atoms with Gasteiger partial charge < -0.3 is 9.84 Å². The first-order valence-corrected chi connectivity index (χ1v) is 5.05. The molecule has 17 heavy (non-hydrogen) atoms. The zero-order chi connectivity index (χ0) is 12.3. The molecule has 0 fully saturated rings. The normalized spacial score (nSPS) is 9.94. The predicted octanol–water partition coefficient (Wildman–Crippen LogP) is 2.46. The number of hydrogen-bond donors (Lipinski definition) is 1. The van der Waals surface area contributed by atoms with Crippen molar-refractivity contribution >= 4 is 5.97 Å². The Balaban J connectivity index is 2.54. The predicted molar refractivity (Wildman–Crippen MR) is 63.2 cm³/mol. The maximum absolute atomic E-state index is 10.9. The van der Waals surface area contributed by atoms with Crippen molar-refractivity contribution in [3.8, 4) is 17.0 Å². The Morgan fingerprint density at radius 3 is 2.53 bits per heavy atom. The molecule has 4 heteroatoms. The fraction of sp³-hybridized carbons (Fsp3) is 0.0769. The molecule has 1 N–H and O–H groups in total. The van der Waals surface area contributed by atoms with Crippen LogP contribution in [0.5, 0.6) is 5.75 Å². The van der Waals surface area contributed by atoms with E-state index in [1.807, 2.05) is 30.3 Å². The number of ether oxygens (including phenoxy) is 1. The summed E-state index contributed by atoms with van der Waals surface area (Å²) in [6.45, 7) is 0. The highest BCUT2D eigenvalue weighted by molar-refractivity contribution is 5.86. The first-order chi connectivity index (χ1) is 8.20. The number of carboxylic acid groups (broad SMARTS) is 1. The van der Waals surface area contributed by atoms with Crippen molar-refractivity contribution in [2.24, 2.45) is 0 Å². The topological polar surface area (TPSA) is 59.4 Å². The number of pyridine rings is 1. The van der Waals surface area contributed by atoms with Crippen molar-refractivity contribution in [2.75, 3.05) is 7.11 Å². The fourth-order valence-electron chi connectivity index (χ4n) is 1.49. The number of aromatic carboxylic acids is 1. The minimum absolute atomic E-state index is 0.0248. The van der Waals surface area contributed by atoms with Crippen LogP contribution in [0.2, 0.25) is 0 Å². The lowest BCUT2D eigenvalue weighted by Crippen LogP contribution is -2.02. The summed E-state index contributed by atoms with van der Waals surface area (Å²) in [6.07, 6.45) is 0. The summed E-state index contributed by atoms with van der Waals surface area (Å²) in [7, 11) is 1.50. The third kappa shape index (κ3) is 2.42. The first-order valence-electron chi connectivity index (χ1n) is 5.05. The largest absolute Gasteiger partial charge is 0.497 e. The van der Waals surface area contributed by atoms with Crippen molar-refractivity contribution in [3.05, 3.63) is 48.2 Å². The molecule has 0 bridgehead atoms. The van der Waals surface area contributed by atoms with Crippen molar-refractivity contribution in [3.63, 3.8) is 0 Å². The molecule has 1 aromatic heterocycles. The number of rotatable bonds is 3. The minimum Gasteiger partial charge on any atom is -0.497 e. The molecule has 86 valence electrons. The van der Waals surface area contributed by atoms with E-state index in [0.29, 0.717) is 11.4 Å². The van der Waals surface area contributed by atoms with Crippen molar-refractivity contribution < 1.29 is 14.6 Å². The molecule has 4 nitrogen and oxygen atoms in total. The Bertz CT molecular complexity index is 538. The summed E-state index contributed by atoms with van der Waals surface area (Å²) in [5.74, 6) is -0.586. The molecule has 0 unspecified atom stereocenters. The fourth-order valence-corrected chi connectivity index (χ4v) is 1.49. The van der Waals surface area contributed by atoms with Crippen LogP contribution in [0.25, 0.3) is 11.3 Å². The van der Waals surface area contributed by atoms with Crippen LogP contribution in [-0.2, 0) is 0 Å². The lowest BCUT2D eigenvalue weighted by atomic mass is 10.1. The minimum atomic E-state index is -1.07. The van der Waals surface area contributed by atoms with E-state index in [1.54, 1.807) is 6.07 Å². The lowest BCUT2D eigenvalue weighted by molar-refractivity contribution is 0.0690. The average Bonchev–Trinajstić information content (AvgIpc) is 2.39. The number of carbonyl (C=O) groups is 1. The second kappa shape index (κ2) is 4.65. The van der Waals surface area contributed by atoms with Gasteiger partial charge in [0.1, 0.15) is 5.75 Å². The third-order valence-corrected chi connectivity index (χ3v) is 2.32. The van der Waals surface area contributed by atoms with Gasteiger partial charge in [-0.1, -0.05) is 30.3 Å². The molecular formula is C13H11NO3. The lowest BCUT2D eigenvalue weighted by Gasteiger charge is -2.06. The van der Waals surface area contributed by atoms with E-state index in [9.17, 15) is 4.79 Å². The number of benzene rings is 1. The Kier molecular flexibility index (Phi) is 3.05. The van der Waals surface area contributed by atoms with Crippen LogP contribution in [-0.4, -0.2) is 23.2 Å². The zero-order valence-corrected chi connectivity index (χ0v) is 9.25. The van der Waals surface area contributed by atoms with Gasteiger partial charge in [0, 0.05) is 17.7 Å². The number of hydrogen-bond acceptors (Lipinski definition) is 3. The number of aromatic nitrogens is 1. The standard InChI is InChI=1S/C13H11NO3/c1-17-10-7-11(9-5-3-2-4-6-9)14-12(8-10)13(15)16/h2-8H,1H3,(H,15,16). The molecular weight excluding hydrogens is 218 g/mol. The van der Waals surface area contributed by atoms with E-state index in [-0.39, 0.29) is 5.69 Å². The molecule has 0 saturated heterocycles.